The Morgan fingerprint density at radius 3 is 3.16 bits per heavy atom. The van der Waals surface area contributed by atoms with Gasteiger partial charge in [-0.1, -0.05) is 6.07 Å². The van der Waals surface area contributed by atoms with Gasteiger partial charge in [0.25, 0.3) is 0 Å². The summed E-state index contributed by atoms with van der Waals surface area (Å²) >= 11 is 0. The average molecular weight is 262 g/mol. The Labute approximate surface area is 113 Å². The molecule has 1 aliphatic carbocycles. The van der Waals surface area contributed by atoms with E-state index in [-0.39, 0.29) is 5.56 Å². The first-order chi connectivity index (χ1) is 9.33. The molecule has 19 heavy (non-hydrogen) atoms. The van der Waals surface area contributed by atoms with E-state index in [4.69, 9.17) is 4.74 Å². The van der Waals surface area contributed by atoms with Crippen molar-refractivity contribution in [1.82, 2.24) is 10.3 Å². The van der Waals surface area contributed by atoms with Gasteiger partial charge in [0.05, 0.1) is 0 Å². The molecule has 0 bridgehead atoms. The second kappa shape index (κ2) is 5.88. The molecule has 2 heterocycles. The van der Waals surface area contributed by atoms with Gasteiger partial charge in [-0.05, 0) is 50.1 Å². The van der Waals surface area contributed by atoms with Crippen molar-refractivity contribution < 1.29 is 4.74 Å². The fourth-order valence-corrected chi connectivity index (χ4v) is 3.19. The van der Waals surface area contributed by atoms with Crippen molar-refractivity contribution in [1.29, 1.82) is 0 Å². The number of rotatable bonds is 4. The van der Waals surface area contributed by atoms with Crippen molar-refractivity contribution in [2.75, 3.05) is 19.8 Å². The van der Waals surface area contributed by atoms with Gasteiger partial charge in [-0.2, -0.15) is 0 Å². The number of fused-ring (bicyclic) bond motifs is 1. The van der Waals surface area contributed by atoms with Gasteiger partial charge in [-0.25, -0.2) is 0 Å². The van der Waals surface area contributed by atoms with Gasteiger partial charge in [0.2, 0.25) is 5.56 Å². The smallest absolute Gasteiger partial charge is 0.248 e. The number of aryl methyl sites for hydroxylation is 1. The van der Waals surface area contributed by atoms with Crippen LogP contribution >= 0.6 is 0 Å². The number of H-pyrrole nitrogens is 1. The molecule has 1 saturated heterocycles. The summed E-state index contributed by atoms with van der Waals surface area (Å²) in [4.78, 5) is 14.3. The van der Waals surface area contributed by atoms with Gasteiger partial charge in [-0.15, -0.1) is 0 Å². The maximum Gasteiger partial charge on any atom is 0.248 e. The summed E-state index contributed by atoms with van der Waals surface area (Å²) < 4.78 is 5.40. The zero-order chi connectivity index (χ0) is 13.1. The second-order valence-electron chi connectivity index (χ2n) is 5.67. The lowest BCUT2D eigenvalue weighted by atomic mass is 9.91. The number of pyridine rings is 1. The van der Waals surface area contributed by atoms with Crippen LogP contribution in [0.3, 0.4) is 0 Å². The molecule has 2 unspecified atom stereocenters. The molecule has 0 radical (unpaired) electrons. The van der Waals surface area contributed by atoms with E-state index in [9.17, 15) is 4.79 Å². The lowest BCUT2D eigenvalue weighted by Gasteiger charge is -2.26. The Morgan fingerprint density at radius 1 is 1.37 bits per heavy atom. The zero-order valence-corrected chi connectivity index (χ0v) is 11.3. The molecule has 0 spiro atoms. The monoisotopic (exact) mass is 262 g/mol. The third-order valence-electron chi connectivity index (χ3n) is 4.30. The minimum absolute atomic E-state index is 0.0162. The van der Waals surface area contributed by atoms with Gasteiger partial charge in [0.15, 0.2) is 0 Å². The van der Waals surface area contributed by atoms with Gasteiger partial charge in [0.1, 0.15) is 0 Å². The number of hydrogen-bond donors (Lipinski definition) is 2. The van der Waals surface area contributed by atoms with Crippen molar-refractivity contribution in [3.05, 3.63) is 33.7 Å². The SMILES string of the molecule is O=c1ccc2c([nH]1)CCCC2NCCC1CCOC1. The van der Waals surface area contributed by atoms with Gasteiger partial charge in [-0.3, -0.25) is 4.79 Å². The minimum atomic E-state index is 0.0162. The second-order valence-corrected chi connectivity index (χ2v) is 5.67. The summed E-state index contributed by atoms with van der Waals surface area (Å²) in [5.74, 6) is 0.728. The van der Waals surface area contributed by atoms with Crippen molar-refractivity contribution >= 4 is 0 Å². The summed E-state index contributed by atoms with van der Waals surface area (Å²) in [6, 6.07) is 4.04. The molecule has 1 aromatic heterocycles. The van der Waals surface area contributed by atoms with Crippen LogP contribution in [0.4, 0.5) is 0 Å². The van der Waals surface area contributed by atoms with Crippen LogP contribution in [0.15, 0.2) is 16.9 Å². The Kier molecular flexibility index (Phi) is 3.99. The standard InChI is InChI=1S/C15H22N2O2/c18-15-5-4-12-13(2-1-3-14(12)17-15)16-8-6-11-7-9-19-10-11/h4-5,11,13,16H,1-3,6-10H2,(H,17,18). The lowest BCUT2D eigenvalue weighted by molar-refractivity contribution is 0.184. The van der Waals surface area contributed by atoms with E-state index >= 15 is 0 Å². The van der Waals surface area contributed by atoms with Crippen molar-refractivity contribution in [3.63, 3.8) is 0 Å². The molecule has 4 heteroatoms. The first-order valence-electron chi connectivity index (χ1n) is 7.36. The third-order valence-corrected chi connectivity index (χ3v) is 4.30. The van der Waals surface area contributed by atoms with Crippen molar-refractivity contribution in [2.45, 2.75) is 38.1 Å². The number of ether oxygens (including phenoxy) is 1. The van der Waals surface area contributed by atoms with E-state index in [0.717, 1.165) is 44.2 Å². The fraction of sp³-hybridized carbons (Fsp3) is 0.667. The number of hydrogen-bond acceptors (Lipinski definition) is 3. The molecule has 0 amide bonds. The fourth-order valence-electron chi connectivity index (χ4n) is 3.19. The van der Waals surface area contributed by atoms with Gasteiger partial charge >= 0.3 is 0 Å². The van der Waals surface area contributed by atoms with E-state index in [2.05, 4.69) is 10.3 Å². The van der Waals surface area contributed by atoms with E-state index in [1.807, 2.05) is 6.07 Å². The Hall–Kier alpha value is -1.13. The minimum Gasteiger partial charge on any atom is -0.381 e. The Bertz CT molecular complexity index is 477. The van der Waals surface area contributed by atoms with Gasteiger partial charge in [0, 0.05) is 31.0 Å². The van der Waals surface area contributed by atoms with Crippen molar-refractivity contribution in [3.8, 4) is 0 Å². The highest BCUT2D eigenvalue weighted by atomic mass is 16.5. The third kappa shape index (κ3) is 3.07. The molecule has 4 nitrogen and oxygen atoms in total. The largest absolute Gasteiger partial charge is 0.381 e. The summed E-state index contributed by atoms with van der Waals surface area (Å²) in [5.41, 5.74) is 2.43. The van der Waals surface area contributed by atoms with Crippen molar-refractivity contribution in [2.24, 2.45) is 5.92 Å². The molecule has 3 rings (SSSR count). The molecule has 2 atom stereocenters. The van der Waals surface area contributed by atoms with Crippen LogP contribution in [0.25, 0.3) is 0 Å². The van der Waals surface area contributed by atoms with E-state index in [1.165, 1.54) is 24.8 Å². The van der Waals surface area contributed by atoms with Crippen LogP contribution < -0.4 is 10.9 Å². The molecular formula is C15H22N2O2. The predicted molar refractivity (Wildman–Crippen MR) is 74.3 cm³/mol. The van der Waals surface area contributed by atoms with Crippen LogP contribution in [-0.4, -0.2) is 24.7 Å². The van der Waals surface area contributed by atoms with E-state index in [1.54, 1.807) is 6.07 Å². The summed E-state index contributed by atoms with van der Waals surface area (Å²) in [6.07, 6.45) is 5.71. The Balaban J connectivity index is 1.58. The van der Waals surface area contributed by atoms with Crippen LogP contribution in [-0.2, 0) is 11.2 Å². The molecule has 0 saturated carbocycles. The Morgan fingerprint density at radius 2 is 2.32 bits per heavy atom. The topological polar surface area (TPSA) is 54.1 Å². The molecule has 0 aromatic carbocycles. The highest BCUT2D eigenvalue weighted by Crippen LogP contribution is 2.27. The lowest BCUT2D eigenvalue weighted by Crippen LogP contribution is -2.29. The molecular weight excluding hydrogens is 240 g/mol. The van der Waals surface area contributed by atoms with E-state index in [0.29, 0.717) is 6.04 Å². The first kappa shape index (κ1) is 12.9. The molecule has 2 N–H and O–H groups in total. The molecule has 1 aromatic rings. The normalized spacial score (nSPS) is 26.3. The average Bonchev–Trinajstić information content (AvgIpc) is 2.92. The van der Waals surface area contributed by atoms with Crippen LogP contribution in [0.5, 0.6) is 0 Å². The predicted octanol–water partition coefficient (Wildman–Crippen LogP) is 1.77. The summed E-state index contributed by atoms with van der Waals surface area (Å²) in [5, 5.41) is 3.65. The summed E-state index contributed by atoms with van der Waals surface area (Å²) in [6.45, 7) is 2.89. The quantitative estimate of drug-likeness (QED) is 0.869. The number of nitrogens with one attached hydrogen (secondary N) is 2. The van der Waals surface area contributed by atoms with Crippen LogP contribution in [0, 0.1) is 5.92 Å². The highest BCUT2D eigenvalue weighted by molar-refractivity contribution is 5.26. The zero-order valence-electron chi connectivity index (χ0n) is 11.3. The molecule has 1 aliphatic heterocycles. The maximum absolute atomic E-state index is 11.3. The van der Waals surface area contributed by atoms with E-state index < -0.39 is 0 Å². The number of aromatic nitrogens is 1. The summed E-state index contributed by atoms with van der Waals surface area (Å²) in [7, 11) is 0. The first-order valence-corrected chi connectivity index (χ1v) is 7.36. The maximum atomic E-state index is 11.3. The van der Waals surface area contributed by atoms with Crippen LogP contribution in [0.1, 0.15) is 43.0 Å². The molecule has 2 aliphatic rings. The molecule has 104 valence electrons. The van der Waals surface area contributed by atoms with Gasteiger partial charge < -0.3 is 15.0 Å². The number of aromatic amines is 1. The highest BCUT2D eigenvalue weighted by Gasteiger charge is 2.21. The van der Waals surface area contributed by atoms with Crippen LogP contribution in [0.2, 0.25) is 0 Å². The molecule has 1 fully saturated rings.